The minimum atomic E-state index is -3.54. The molecule has 0 aromatic carbocycles. The fraction of sp³-hybridized carbons (Fsp3) is 0.900. The highest BCUT2D eigenvalue weighted by molar-refractivity contribution is 7.86. The maximum absolute atomic E-state index is 12.2. The van der Waals surface area contributed by atoms with Crippen LogP contribution in [0.2, 0.25) is 0 Å². The van der Waals surface area contributed by atoms with Gasteiger partial charge in [-0.3, -0.25) is 4.79 Å². The molecular formula is C10H20N2O5S. The standard InChI is InChI=1S/C10H20N2O5S/c1-9-8-17-7-6-12(9)18(14,15)11(2)5-4-10(13)16-3/h9H,4-8H2,1-3H3. The fourth-order valence-corrected chi connectivity index (χ4v) is 3.20. The Morgan fingerprint density at radius 2 is 2.22 bits per heavy atom. The number of nitrogens with zero attached hydrogens (tertiary/aromatic N) is 2. The van der Waals surface area contributed by atoms with E-state index in [1.807, 2.05) is 0 Å². The van der Waals surface area contributed by atoms with Gasteiger partial charge in [0, 0.05) is 26.2 Å². The molecule has 1 heterocycles. The van der Waals surface area contributed by atoms with Gasteiger partial charge >= 0.3 is 5.97 Å². The van der Waals surface area contributed by atoms with Gasteiger partial charge in [0.2, 0.25) is 0 Å². The molecule has 0 spiro atoms. The molecular weight excluding hydrogens is 260 g/mol. The predicted octanol–water partition coefficient (Wildman–Crippen LogP) is -0.553. The van der Waals surface area contributed by atoms with Gasteiger partial charge in [0.15, 0.2) is 0 Å². The van der Waals surface area contributed by atoms with Gasteiger partial charge in [-0.15, -0.1) is 0 Å². The molecule has 1 aliphatic heterocycles. The van der Waals surface area contributed by atoms with Crippen LogP contribution in [0.25, 0.3) is 0 Å². The Morgan fingerprint density at radius 3 is 2.78 bits per heavy atom. The van der Waals surface area contributed by atoms with Crippen LogP contribution in [-0.4, -0.2) is 69.5 Å². The molecule has 1 rings (SSSR count). The first-order chi connectivity index (χ1) is 8.39. The summed E-state index contributed by atoms with van der Waals surface area (Å²) >= 11 is 0. The summed E-state index contributed by atoms with van der Waals surface area (Å²) in [5, 5.41) is 0. The number of morpholine rings is 1. The predicted molar refractivity (Wildman–Crippen MR) is 65.2 cm³/mol. The van der Waals surface area contributed by atoms with Gasteiger partial charge in [0.05, 0.1) is 26.7 Å². The average Bonchev–Trinajstić information content (AvgIpc) is 2.35. The second-order valence-electron chi connectivity index (χ2n) is 4.19. The second kappa shape index (κ2) is 6.46. The number of methoxy groups -OCH3 is 1. The van der Waals surface area contributed by atoms with Crippen molar-refractivity contribution in [2.45, 2.75) is 19.4 Å². The van der Waals surface area contributed by atoms with Gasteiger partial charge in [-0.25, -0.2) is 0 Å². The van der Waals surface area contributed by atoms with Crippen molar-refractivity contribution in [1.82, 2.24) is 8.61 Å². The SMILES string of the molecule is COC(=O)CCN(C)S(=O)(=O)N1CCOCC1C. The molecule has 1 unspecified atom stereocenters. The third-order valence-electron chi connectivity index (χ3n) is 2.86. The van der Waals surface area contributed by atoms with E-state index in [4.69, 9.17) is 4.74 Å². The molecule has 1 aliphatic rings. The van der Waals surface area contributed by atoms with Gasteiger partial charge in [-0.05, 0) is 6.92 Å². The Kier molecular flexibility index (Phi) is 5.51. The Labute approximate surface area is 108 Å². The van der Waals surface area contributed by atoms with Crippen LogP contribution in [0.15, 0.2) is 0 Å². The monoisotopic (exact) mass is 280 g/mol. The van der Waals surface area contributed by atoms with Crippen molar-refractivity contribution in [3.63, 3.8) is 0 Å². The van der Waals surface area contributed by atoms with Gasteiger partial charge in [-0.1, -0.05) is 0 Å². The molecule has 1 fully saturated rings. The molecule has 8 heteroatoms. The van der Waals surface area contributed by atoms with E-state index in [1.54, 1.807) is 6.92 Å². The number of esters is 1. The molecule has 0 amide bonds. The lowest BCUT2D eigenvalue weighted by atomic mass is 10.3. The Morgan fingerprint density at radius 1 is 1.56 bits per heavy atom. The third kappa shape index (κ3) is 3.64. The summed E-state index contributed by atoms with van der Waals surface area (Å²) in [4.78, 5) is 11.0. The van der Waals surface area contributed by atoms with Crippen LogP contribution < -0.4 is 0 Å². The minimum Gasteiger partial charge on any atom is -0.469 e. The van der Waals surface area contributed by atoms with Gasteiger partial charge in [0.1, 0.15) is 0 Å². The molecule has 0 aliphatic carbocycles. The normalized spacial score (nSPS) is 22.1. The molecule has 7 nitrogen and oxygen atoms in total. The van der Waals surface area contributed by atoms with E-state index >= 15 is 0 Å². The van der Waals surface area contributed by atoms with Crippen LogP contribution >= 0.6 is 0 Å². The van der Waals surface area contributed by atoms with E-state index in [2.05, 4.69) is 4.74 Å². The van der Waals surface area contributed by atoms with E-state index in [-0.39, 0.29) is 19.0 Å². The van der Waals surface area contributed by atoms with E-state index < -0.39 is 16.2 Å². The third-order valence-corrected chi connectivity index (χ3v) is 4.96. The first kappa shape index (κ1) is 15.4. The van der Waals surface area contributed by atoms with Crippen molar-refractivity contribution in [2.24, 2.45) is 0 Å². The Hall–Kier alpha value is -0.700. The molecule has 0 N–H and O–H groups in total. The summed E-state index contributed by atoms with van der Waals surface area (Å²) in [6.45, 7) is 3.04. The zero-order valence-corrected chi connectivity index (χ0v) is 11.8. The highest BCUT2D eigenvalue weighted by Gasteiger charge is 2.33. The highest BCUT2D eigenvalue weighted by Crippen LogP contribution is 2.15. The lowest BCUT2D eigenvalue weighted by Crippen LogP contribution is -2.52. The number of rotatable bonds is 5. The van der Waals surface area contributed by atoms with Crippen molar-refractivity contribution in [3.8, 4) is 0 Å². The van der Waals surface area contributed by atoms with Crippen molar-refractivity contribution in [2.75, 3.05) is 40.5 Å². The van der Waals surface area contributed by atoms with E-state index in [0.29, 0.717) is 19.8 Å². The topological polar surface area (TPSA) is 76.2 Å². The second-order valence-corrected chi connectivity index (χ2v) is 6.18. The number of ether oxygens (including phenoxy) is 2. The number of hydrogen-bond acceptors (Lipinski definition) is 5. The van der Waals surface area contributed by atoms with Crippen LogP contribution in [0.5, 0.6) is 0 Å². The summed E-state index contributed by atoms with van der Waals surface area (Å²) in [6.07, 6.45) is 0.0466. The van der Waals surface area contributed by atoms with E-state index in [0.717, 1.165) is 0 Å². The number of carbonyl (C=O) groups excluding carboxylic acids is 1. The van der Waals surface area contributed by atoms with Crippen LogP contribution in [-0.2, 0) is 24.5 Å². The summed E-state index contributed by atoms with van der Waals surface area (Å²) in [6, 6.07) is -0.190. The van der Waals surface area contributed by atoms with E-state index in [1.165, 1.54) is 22.8 Å². The van der Waals surface area contributed by atoms with Crippen molar-refractivity contribution >= 4 is 16.2 Å². The van der Waals surface area contributed by atoms with Gasteiger partial charge in [0.25, 0.3) is 10.2 Å². The molecule has 0 saturated carbocycles. The van der Waals surface area contributed by atoms with Crippen LogP contribution in [0.1, 0.15) is 13.3 Å². The maximum Gasteiger partial charge on any atom is 0.306 e. The molecule has 1 saturated heterocycles. The van der Waals surface area contributed by atoms with Crippen molar-refractivity contribution in [1.29, 1.82) is 0 Å². The molecule has 1 atom stereocenters. The fourth-order valence-electron chi connectivity index (χ4n) is 1.70. The smallest absolute Gasteiger partial charge is 0.306 e. The molecule has 0 aromatic heterocycles. The maximum atomic E-state index is 12.2. The summed E-state index contributed by atoms with van der Waals surface area (Å²) < 4.78 is 36.7. The van der Waals surface area contributed by atoms with Gasteiger partial charge < -0.3 is 9.47 Å². The number of carbonyl (C=O) groups is 1. The molecule has 106 valence electrons. The summed E-state index contributed by atoms with van der Waals surface area (Å²) in [7, 11) is -0.799. The quantitative estimate of drug-likeness (QED) is 0.631. The zero-order chi connectivity index (χ0) is 13.8. The van der Waals surface area contributed by atoms with Crippen molar-refractivity contribution in [3.05, 3.63) is 0 Å². The first-order valence-corrected chi connectivity index (χ1v) is 7.17. The number of hydrogen-bond donors (Lipinski definition) is 0. The molecule has 18 heavy (non-hydrogen) atoms. The highest BCUT2D eigenvalue weighted by atomic mass is 32.2. The molecule has 0 radical (unpaired) electrons. The lowest BCUT2D eigenvalue weighted by Gasteiger charge is -2.34. The van der Waals surface area contributed by atoms with Gasteiger partial charge in [-0.2, -0.15) is 17.0 Å². The summed E-state index contributed by atoms with van der Waals surface area (Å²) in [5.41, 5.74) is 0. The largest absolute Gasteiger partial charge is 0.469 e. The Balaban J connectivity index is 2.64. The van der Waals surface area contributed by atoms with Crippen molar-refractivity contribution < 1.29 is 22.7 Å². The Bertz CT molecular complexity index is 384. The average molecular weight is 280 g/mol. The van der Waals surface area contributed by atoms with E-state index in [9.17, 15) is 13.2 Å². The van der Waals surface area contributed by atoms with Crippen LogP contribution in [0.4, 0.5) is 0 Å². The summed E-state index contributed by atoms with van der Waals surface area (Å²) in [5.74, 6) is -0.424. The molecule has 0 aromatic rings. The molecule has 0 bridgehead atoms. The van der Waals surface area contributed by atoms with Crippen LogP contribution in [0.3, 0.4) is 0 Å². The van der Waals surface area contributed by atoms with Crippen LogP contribution in [0, 0.1) is 0 Å². The zero-order valence-electron chi connectivity index (χ0n) is 11.0. The first-order valence-electron chi connectivity index (χ1n) is 5.77. The minimum absolute atomic E-state index is 0.0466. The lowest BCUT2D eigenvalue weighted by molar-refractivity contribution is -0.140.